The molecule has 7 nitrogen and oxygen atoms in total. The second kappa shape index (κ2) is 7.96. The van der Waals surface area contributed by atoms with Crippen LogP contribution in [-0.4, -0.2) is 53.1 Å². The Bertz CT molecular complexity index is 980. The molecule has 1 fully saturated rings. The molecule has 0 bridgehead atoms. The fourth-order valence-electron chi connectivity index (χ4n) is 4.02. The Hall–Kier alpha value is -2.71. The summed E-state index contributed by atoms with van der Waals surface area (Å²) in [4.78, 5) is 9.56. The van der Waals surface area contributed by atoms with Gasteiger partial charge in [0.25, 0.3) is 0 Å². The van der Waals surface area contributed by atoms with Crippen molar-refractivity contribution in [2.24, 2.45) is 0 Å². The first kappa shape index (κ1) is 18.3. The van der Waals surface area contributed by atoms with Crippen molar-refractivity contribution >= 4 is 17.2 Å². The molecule has 0 N–H and O–H groups in total. The lowest BCUT2D eigenvalue weighted by Gasteiger charge is -2.28. The molecule has 1 saturated heterocycles. The van der Waals surface area contributed by atoms with E-state index in [1.54, 1.807) is 17.5 Å². The molecule has 0 spiro atoms. The van der Waals surface area contributed by atoms with Gasteiger partial charge in [0, 0.05) is 42.8 Å². The number of nitrogens with zero attached hydrogens (tertiary/aromatic N) is 5. The van der Waals surface area contributed by atoms with Gasteiger partial charge in [0.1, 0.15) is 5.01 Å². The number of aromatic nitrogens is 3. The van der Waals surface area contributed by atoms with Gasteiger partial charge >= 0.3 is 0 Å². The number of benzene rings is 1. The lowest BCUT2D eigenvalue weighted by molar-refractivity contribution is 0.174. The lowest BCUT2D eigenvalue weighted by atomic mass is 10.2. The first-order valence-corrected chi connectivity index (χ1v) is 10.7. The van der Waals surface area contributed by atoms with E-state index in [0.717, 1.165) is 53.2 Å². The van der Waals surface area contributed by atoms with Crippen molar-refractivity contribution < 1.29 is 9.47 Å². The van der Waals surface area contributed by atoms with Gasteiger partial charge in [-0.3, -0.25) is 4.90 Å². The Labute approximate surface area is 173 Å². The monoisotopic (exact) mass is 409 g/mol. The second-order valence-electron chi connectivity index (χ2n) is 7.48. The van der Waals surface area contributed by atoms with Crippen molar-refractivity contribution in [3.63, 3.8) is 0 Å². The summed E-state index contributed by atoms with van der Waals surface area (Å²) in [5.41, 5.74) is 2.16. The normalized spacial score (nSPS) is 18.0. The number of hydrogen-bond donors (Lipinski definition) is 0. The Morgan fingerprint density at radius 2 is 2.17 bits per heavy atom. The average molecular weight is 410 g/mol. The number of rotatable bonds is 6. The molecule has 8 heteroatoms. The quantitative estimate of drug-likeness (QED) is 0.618. The molecule has 150 valence electrons. The molecule has 2 aliphatic heterocycles. The summed E-state index contributed by atoms with van der Waals surface area (Å²) in [7, 11) is 2.16. The Balaban J connectivity index is 1.23. The van der Waals surface area contributed by atoms with Gasteiger partial charge in [0.15, 0.2) is 17.3 Å². The molecule has 29 heavy (non-hydrogen) atoms. The zero-order chi connectivity index (χ0) is 19.6. The summed E-state index contributed by atoms with van der Waals surface area (Å²) in [6.45, 7) is 3.14. The molecular formula is C21H23N5O2S. The van der Waals surface area contributed by atoms with Gasteiger partial charge in [0.05, 0.1) is 5.69 Å². The number of ether oxygens (including phenoxy) is 2. The topological polar surface area (TPSA) is 63.6 Å². The Morgan fingerprint density at radius 1 is 1.24 bits per heavy atom. The van der Waals surface area contributed by atoms with Crippen molar-refractivity contribution in [2.45, 2.75) is 25.4 Å². The molecule has 3 aromatic rings. The van der Waals surface area contributed by atoms with Crippen LogP contribution in [0.15, 0.2) is 41.9 Å². The zero-order valence-corrected chi connectivity index (χ0v) is 17.1. The number of thiazole rings is 1. The van der Waals surface area contributed by atoms with Crippen LogP contribution in [0.25, 0.3) is 10.6 Å². The van der Waals surface area contributed by atoms with Crippen LogP contribution in [0.1, 0.15) is 18.5 Å². The van der Waals surface area contributed by atoms with Crippen molar-refractivity contribution in [1.29, 1.82) is 0 Å². The van der Waals surface area contributed by atoms with Crippen LogP contribution in [0.3, 0.4) is 0 Å². The van der Waals surface area contributed by atoms with E-state index in [0.29, 0.717) is 12.8 Å². The fourth-order valence-corrected chi connectivity index (χ4v) is 4.82. The molecule has 0 radical (unpaired) electrons. The number of anilines is 1. The summed E-state index contributed by atoms with van der Waals surface area (Å²) >= 11 is 1.67. The van der Waals surface area contributed by atoms with E-state index in [2.05, 4.69) is 32.4 Å². The van der Waals surface area contributed by atoms with Crippen LogP contribution in [-0.2, 0) is 6.54 Å². The molecule has 0 aliphatic carbocycles. The first-order chi connectivity index (χ1) is 14.3. The lowest BCUT2D eigenvalue weighted by Crippen LogP contribution is -2.39. The van der Waals surface area contributed by atoms with Gasteiger partial charge in [-0.2, -0.15) is 5.10 Å². The highest BCUT2D eigenvalue weighted by Crippen LogP contribution is 2.36. The molecule has 4 heterocycles. The highest BCUT2D eigenvalue weighted by molar-refractivity contribution is 7.13. The Morgan fingerprint density at radius 3 is 3.07 bits per heavy atom. The van der Waals surface area contributed by atoms with Crippen LogP contribution in [0.5, 0.6) is 11.5 Å². The zero-order valence-electron chi connectivity index (χ0n) is 16.3. The fraction of sp³-hybridized carbons (Fsp3) is 0.381. The standard InChI is InChI=1S/C21H23N5O2S/c1-25(12-17-4-3-9-26(17)20-5-2-8-22-24-20)11-16-13-29-21(23-16)15-6-7-18-19(10-15)28-14-27-18/h2,5-8,10,13,17H,3-4,9,11-12,14H2,1H3. The smallest absolute Gasteiger partial charge is 0.231 e. The predicted octanol–water partition coefficient (Wildman–Crippen LogP) is 3.43. The number of hydrogen-bond acceptors (Lipinski definition) is 8. The van der Waals surface area contributed by atoms with Crippen molar-refractivity contribution in [2.75, 3.05) is 31.8 Å². The average Bonchev–Trinajstić information content (AvgIpc) is 3.48. The molecule has 2 aliphatic rings. The third kappa shape index (κ3) is 3.90. The molecule has 0 amide bonds. The van der Waals surface area contributed by atoms with Crippen LogP contribution < -0.4 is 14.4 Å². The summed E-state index contributed by atoms with van der Waals surface area (Å²) in [6.07, 6.45) is 4.10. The van der Waals surface area contributed by atoms with Crippen LogP contribution in [0.2, 0.25) is 0 Å². The number of fused-ring (bicyclic) bond motifs is 1. The van der Waals surface area contributed by atoms with Gasteiger partial charge in [-0.05, 0) is 50.2 Å². The van der Waals surface area contributed by atoms with Gasteiger partial charge < -0.3 is 14.4 Å². The van der Waals surface area contributed by atoms with E-state index >= 15 is 0 Å². The van der Waals surface area contributed by atoms with Crippen LogP contribution in [0.4, 0.5) is 5.82 Å². The number of likely N-dealkylation sites (N-methyl/N-ethyl adjacent to an activating group) is 1. The second-order valence-corrected chi connectivity index (χ2v) is 8.34. The molecular weight excluding hydrogens is 386 g/mol. The third-order valence-electron chi connectivity index (χ3n) is 5.36. The molecule has 2 aromatic heterocycles. The maximum absolute atomic E-state index is 5.49. The maximum Gasteiger partial charge on any atom is 0.231 e. The molecule has 5 rings (SSSR count). The van der Waals surface area contributed by atoms with Crippen molar-refractivity contribution in [1.82, 2.24) is 20.1 Å². The highest BCUT2D eigenvalue weighted by Gasteiger charge is 2.27. The van der Waals surface area contributed by atoms with E-state index in [1.807, 2.05) is 30.3 Å². The van der Waals surface area contributed by atoms with Gasteiger partial charge in [0.2, 0.25) is 6.79 Å². The SMILES string of the molecule is CN(Cc1csc(-c2ccc3c(c2)OCO3)n1)CC1CCCN1c1cccnn1. The van der Waals surface area contributed by atoms with Crippen LogP contribution in [0, 0.1) is 0 Å². The summed E-state index contributed by atoms with van der Waals surface area (Å²) in [5, 5.41) is 11.5. The van der Waals surface area contributed by atoms with Gasteiger partial charge in [-0.1, -0.05) is 0 Å². The largest absolute Gasteiger partial charge is 0.454 e. The summed E-state index contributed by atoms with van der Waals surface area (Å²) in [5.74, 6) is 2.57. The van der Waals surface area contributed by atoms with E-state index in [1.165, 1.54) is 12.8 Å². The molecule has 1 aromatic carbocycles. The molecule has 1 atom stereocenters. The highest BCUT2D eigenvalue weighted by atomic mass is 32.1. The first-order valence-electron chi connectivity index (χ1n) is 9.83. The van der Waals surface area contributed by atoms with Crippen molar-refractivity contribution in [3.8, 4) is 22.1 Å². The van der Waals surface area contributed by atoms with Crippen molar-refractivity contribution in [3.05, 3.63) is 47.6 Å². The summed E-state index contributed by atoms with van der Waals surface area (Å²) in [6, 6.07) is 10.5. The van der Waals surface area contributed by atoms with Gasteiger partial charge in [-0.25, -0.2) is 4.98 Å². The summed E-state index contributed by atoms with van der Waals surface area (Å²) < 4.78 is 10.9. The van der Waals surface area contributed by atoms with E-state index < -0.39 is 0 Å². The minimum absolute atomic E-state index is 0.291. The Kier molecular flexibility index (Phi) is 5.03. The minimum atomic E-state index is 0.291. The maximum atomic E-state index is 5.49. The van der Waals surface area contributed by atoms with E-state index in [4.69, 9.17) is 14.5 Å². The van der Waals surface area contributed by atoms with Crippen LogP contribution >= 0.6 is 11.3 Å². The minimum Gasteiger partial charge on any atom is -0.454 e. The molecule has 0 saturated carbocycles. The predicted molar refractivity (Wildman–Crippen MR) is 112 cm³/mol. The van der Waals surface area contributed by atoms with E-state index in [9.17, 15) is 0 Å². The molecule has 1 unspecified atom stereocenters. The van der Waals surface area contributed by atoms with E-state index in [-0.39, 0.29) is 0 Å². The van der Waals surface area contributed by atoms with Gasteiger partial charge in [-0.15, -0.1) is 16.4 Å². The third-order valence-corrected chi connectivity index (χ3v) is 6.30.